The Morgan fingerprint density at radius 3 is 2.41 bits per heavy atom. The number of nitrogens with one attached hydrogen (secondary N) is 2. The summed E-state index contributed by atoms with van der Waals surface area (Å²) in [6.07, 6.45) is 1.39. The molecule has 1 fully saturated rings. The van der Waals surface area contributed by atoms with E-state index in [1.807, 2.05) is 12.1 Å². The Morgan fingerprint density at radius 1 is 1.06 bits per heavy atom. The van der Waals surface area contributed by atoms with Crippen LogP contribution in [0.2, 0.25) is 0 Å². The Bertz CT molecular complexity index is 1050. The minimum Gasteiger partial charge on any atom is -0.497 e. The molecule has 1 saturated heterocycles. The Morgan fingerprint density at radius 2 is 1.75 bits per heavy atom. The molecule has 168 valence electrons. The van der Waals surface area contributed by atoms with Crippen LogP contribution in [0.5, 0.6) is 17.2 Å². The zero-order chi connectivity index (χ0) is 22.8. The molecule has 2 N–H and O–H groups in total. The first-order chi connectivity index (χ1) is 15.4. The molecule has 2 aromatic carbocycles. The summed E-state index contributed by atoms with van der Waals surface area (Å²) in [5, 5.41) is 5.58. The lowest BCUT2D eigenvalue weighted by Gasteiger charge is -2.17. The van der Waals surface area contributed by atoms with Crippen LogP contribution in [-0.4, -0.2) is 45.2 Å². The molecule has 0 saturated carbocycles. The van der Waals surface area contributed by atoms with Crippen LogP contribution < -0.4 is 29.7 Å². The first kappa shape index (κ1) is 21.5. The Balaban J connectivity index is 1.42. The van der Waals surface area contributed by atoms with Gasteiger partial charge in [0.05, 0.1) is 39.5 Å². The monoisotopic (exact) mass is 439 g/mol. The van der Waals surface area contributed by atoms with Gasteiger partial charge >= 0.3 is 6.03 Å². The van der Waals surface area contributed by atoms with Crippen LogP contribution in [0.25, 0.3) is 0 Å². The normalized spacial score (nSPS) is 19.4. The fraction of sp³-hybridized carbons (Fsp3) is 0.348. The SMILES string of the molecule is COc1ccc(N2C(=O)N[C@@H](CC(=O)NC3CCc4cc(OC)c(OC)cc43)C2=O)cc1. The second kappa shape index (κ2) is 8.78. The highest BCUT2D eigenvalue weighted by Crippen LogP contribution is 2.39. The lowest BCUT2D eigenvalue weighted by Crippen LogP contribution is -2.37. The fourth-order valence-electron chi connectivity index (χ4n) is 4.17. The van der Waals surface area contributed by atoms with E-state index in [1.54, 1.807) is 38.5 Å². The Labute approximate surface area is 185 Å². The number of nitrogens with zero attached hydrogens (tertiary/aromatic N) is 1. The summed E-state index contributed by atoms with van der Waals surface area (Å²) in [7, 11) is 4.68. The first-order valence-electron chi connectivity index (χ1n) is 10.3. The van der Waals surface area contributed by atoms with E-state index in [-0.39, 0.29) is 18.4 Å². The van der Waals surface area contributed by atoms with Gasteiger partial charge in [-0.25, -0.2) is 9.69 Å². The largest absolute Gasteiger partial charge is 0.497 e. The molecular weight excluding hydrogens is 414 g/mol. The summed E-state index contributed by atoms with van der Waals surface area (Å²) in [6, 6.07) is 8.70. The van der Waals surface area contributed by atoms with Gasteiger partial charge in [0.2, 0.25) is 5.91 Å². The second-order valence-corrected chi connectivity index (χ2v) is 7.64. The molecule has 0 aromatic heterocycles. The van der Waals surface area contributed by atoms with Gasteiger partial charge in [-0.2, -0.15) is 0 Å². The summed E-state index contributed by atoms with van der Waals surface area (Å²) in [5.74, 6) is 1.08. The summed E-state index contributed by atoms with van der Waals surface area (Å²) in [4.78, 5) is 38.9. The minimum absolute atomic E-state index is 0.143. The topological polar surface area (TPSA) is 106 Å². The second-order valence-electron chi connectivity index (χ2n) is 7.64. The number of carbonyl (C=O) groups excluding carboxylic acids is 3. The van der Waals surface area contributed by atoms with Crippen molar-refractivity contribution in [2.45, 2.75) is 31.3 Å². The van der Waals surface area contributed by atoms with E-state index < -0.39 is 18.0 Å². The Hall–Kier alpha value is -3.75. The summed E-state index contributed by atoms with van der Waals surface area (Å²) in [6.45, 7) is 0. The van der Waals surface area contributed by atoms with Crippen molar-refractivity contribution in [3.63, 3.8) is 0 Å². The van der Waals surface area contributed by atoms with Gasteiger partial charge in [0.25, 0.3) is 5.91 Å². The molecule has 2 aromatic rings. The lowest BCUT2D eigenvalue weighted by atomic mass is 10.1. The van der Waals surface area contributed by atoms with E-state index in [0.29, 0.717) is 22.9 Å². The third-order valence-electron chi connectivity index (χ3n) is 5.80. The van der Waals surface area contributed by atoms with Gasteiger partial charge in [0, 0.05) is 0 Å². The molecule has 4 amide bonds. The highest BCUT2D eigenvalue weighted by Gasteiger charge is 2.40. The molecule has 2 aliphatic rings. The van der Waals surface area contributed by atoms with Gasteiger partial charge in [-0.05, 0) is 60.4 Å². The molecule has 1 unspecified atom stereocenters. The maximum Gasteiger partial charge on any atom is 0.329 e. The molecular formula is C23H25N3O6. The van der Waals surface area contributed by atoms with Gasteiger partial charge < -0.3 is 24.8 Å². The molecule has 4 rings (SSSR count). The van der Waals surface area contributed by atoms with Gasteiger partial charge in [-0.1, -0.05) is 0 Å². The zero-order valence-corrected chi connectivity index (χ0v) is 18.1. The predicted octanol–water partition coefficient (Wildman–Crippen LogP) is 2.33. The number of hydrogen-bond donors (Lipinski definition) is 2. The number of fused-ring (bicyclic) bond motifs is 1. The molecule has 1 aliphatic carbocycles. The number of benzene rings is 2. The lowest BCUT2D eigenvalue weighted by molar-refractivity contribution is -0.126. The molecule has 0 spiro atoms. The van der Waals surface area contributed by atoms with Crippen LogP contribution in [0.1, 0.15) is 30.0 Å². The maximum absolute atomic E-state index is 12.8. The van der Waals surface area contributed by atoms with Crippen LogP contribution >= 0.6 is 0 Å². The molecule has 9 heteroatoms. The van der Waals surface area contributed by atoms with Crippen molar-refractivity contribution in [2.24, 2.45) is 0 Å². The molecule has 0 radical (unpaired) electrons. The summed E-state index contributed by atoms with van der Waals surface area (Å²) >= 11 is 0. The molecule has 32 heavy (non-hydrogen) atoms. The van der Waals surface area contributed by atoms with Crippen LogP contribution in [0.4, 0.5) is 10.5 Å². The number of aryl methyl sites for hydroxylation is 1. The molecule has 9 nitrogen and oxygen atoms in total. The van der Waals surface area contributed by atoms with Crippen molar-refractivity contribution in [1.29, 1.82) is 0 Å². The van der Waals surface area contributed by atoms with Gasteiger partial charge in [-0.15, -0.1) is 0 Å². The van der Waals surface area contributed by atoms with E-state index in [9.17, 15) is 14.4 Å². The van der Waals surface area contributed by atoms with E-state index >= 15 is 0 Å². The average molecular weight is 439 g/mol. The zero-order valence-electron chi connectivity index (χ0n) is 18.1. The number of urea groups is 1. The smallest absolute Gasteiger partial charge is 0.329 e. The number of ether oxygens (including phenoxy) is 3. The number of rotatable bonds is 7. The van der Waals surface area contributed by atoms with Crippen molar-refractivity contribution in [3.05, 3.63) is 47.5 Å². The molecule has 1 aliphatic heterocycles. The van der Waals surface area contributed by atoms with Crippen molar-refractivity contribution < 1.29 is 28.6 Å². The van der Waals surface area contributed by atoms with Crippen molar-refractivity contribution >= 4 is 23.5 Å². The van der Waals surface area contributed by atoms with E-state index in [1.165, 1.54) is 7.11 Å². The number of methoxy groups -OCH3 is 3. The summed E-state index contributed by atoms with van der Waals surface area (Å²) < 4.78 is 15.8. The third kappa shape index (κ3) is 3.93. The van der Waals surface area contributed by atoms with E-state index in [4.69, 9.17) is 14.2 Å². The molecule has 1 heterocycles. The van der Waals surface area contributed by atoms with Crippen molar-refractivity contribution in [1.82, 2.24) is 10.6 Å². The number of hydrogen-bond acceptors (Lipinski definition) is 6. The number of imide groups is 1. The van der Waals surface area contributed by atoms with Gasteiger partial charge in [0.1, 0.15) is 11.8 Å². The minimum atomic E-state index is -0.920. The number of amides is 4. The molecule has 2 atom stereocenters. The van der Waals surface area contributed by atoms with Gasteiger partial charge in [0.15, 0.2) is 11.5 Å². The van der Waals surface area contributed by atoms with Crippen molar-refractivity contribution in [3.8, 4) is 17.2 Å². The Kier molecular flexibility index (Phi) is 5.89. The highest BCUT2D eigenvalue weighted by atomic mass is 16.5. The number of carbonyl (C=O) groups is 3. The average Bonchev–Trinajstić information content (AvgIpc) is 3.31. The quantitative estimate of drug-likeness (QED) is 0.642. The van der Waals surface area contributed by atoms with E-state index in [0.717, 1.165) is 28.9 Å². The third-order valence-corrected chi connectivity index (χ3v) is 5.80. The van der Waals surface area contributed by atoms with Gasteiger partial charge in [-0.3, -0.25) is 9.59 Å². The molecule has 0 bridgehead atoms. The first-order valence-corrected chi connectivity index (χ1v) is 10.3. The van der Waals surface area contributed by atoms with E-state index in [2.05, 4.69) is 10.6 Å². The maximum atomic E-state index is 12.8. The standard InChI is InChI=1S/C23H25N3O6/c1-30-15-7-5-14(6-8-15)26-22(28)18(25-23(26)29)12-21(27)24-17-9-4-13-10-19(31-2)20(32-3)11-16(13)17/h5-8,10-11,17-18H,4,9,12H2,1-3H3,(H,24,27)(H,25,29)/t17?,18-/m0/s1. The van der Waals surface area contributed by atoms with Crippen LogP contribution in [0.3, 0.4) is 0 Å². The highest BCUT2D eigenvalue weighted by molar-refractivity contribution is 6.22. The van der Waals surface area contributed by atoms with Crippen LogP contribution in [0, 0.1) is 0 Å². The van der Waals surface area contributed by atoms with Crippen LogP contribution in [0.15, 0.2) is 36.4 Å². The predicted molar refractivity (Wildman–Crippen MR) is 116 cm³/mol. The summed E-state index contributed by atoms with van der Waals surface area (Å²) in [5.41, 5.74) is 2.48. The van der Waals surface area contributed by atoms with Crippen LogP contribution in [-0.2, 0) is 16.0 Å². The number of anilines is 1. The van der Waals surface area contributed by atoms with Crippen molar-refractivity contribution in [2.75, 3.05) is 26.2 Å². The fourth-order valence-corrected chi connectivity index (χ4v) is 4.17.